The van der Waals surface area contributed by atoms with Gasteiger partial charge >= 0.3 is 11.8 Å². The lowest BCUT2D eigenvalue weighted by atomic mass is 10.2. The lowest BCUT2D eigenvalue weighted by Crippen LogP contribution is -2.35. The van der Waals surface area contributed by atoms with E-state index in [4.69, 9.17) is 4.74 Å². The fourth-order valence-electron chi connectivity index (χ4n) is 1.95. The number of halogens is 1. The first kappa shape index (κ1) is 17.0. The SMILES string of the molecule is COc1cccc(CNC(=O)C(=O)Nc2ccc(C)cc2Br)c1. The van der Waals surface area contributed by atoms with Crippen molar-refractivity contribution < 1.29 is 14.3 Å². The minimum atomic E-state index is -0.711. The summed E-state index contributed by atoms with van der Waals surface area (Å²) < 4.78 is 5.84. The number of hydrogen-bond donors (Lipinski definition) is 2. The van der Waals surface area contributed by atoms with E-state index >= 15 is 0 Å². The van der Waals surface area contributed by atoms with E-state index in [1.54, 1.807) is 19.2 Å². The molecule has 5 nitrogen and oxygen atoms in total. The average Bonchev–Trinajstić information content (AvgIpc) is 2.55. The van der Waals surface area contributed by atoms with Crippen LogP contribution in [-0.2, 0) is 16.1 Å². The van der Waals surface area contributed by atoms with Crippen LogP contribution in [0.3, 0.4) is 0 Å². The van der Waals surface area contributed by atoms with Gasteiger partial charge in [0.2, 0.25) is 0 Å². The molecule has 23 heavy (non-hydrogen) atoms. The maximum atomic E-state index is 11.9. The van der Waals surface area contributed by atoms with Crippen molar-refractivity contribution in [2.24, 2.45) is 0 Å². The largest absolute Gasteiger partial charge is 0.497 e. The van der Waals surface area contributed by atoms with E-state index in [1.165, 1.54) is 0 Å². The molecule has 0 aliphatic carbocycles. The molecule has 0 saturated carbocycles. The first-order valence-corrected chi connectivity index (χ1v) is 7.77. The molecule has 2 aromatic rings. The summed E-state index contributed by atoms with van der Waals surface area (Å²) in [6.07, 6.45) is 0. The van der Waals surface area contributed by atoms with Crippen LogP contribution in [0.5, 0.6) is 5.75 Å². The van der Waals surface area contributed by atoms with Crippen LogP contribution >= 0.6 is 15.9 Å². The summed E-state index contributed by atoms with van der Waals surface area (Å²) in [5, 5.41) is 5.15. The Morgan fingerprint density at radius 2 is 1.91 bits per heavy atom. The predicted octanol–water partition coefficient (Wildman–Crippen LogP) is 3.02. The van der Waals surface area contributed by atoms with Gasteiger partial charge in [-0.3, -0.25) is 9.59 Å². The number of ether oxygens (including phenoxy) is 1. The van der Waals surface area contributed by atoms with Crippen LogP contribution in [0, 0.1) is 6.92 Å². The Labute approximate surface area is 143 Å². The molecule has 0 aliphatic heterocycles. The second kappa shape index (κ2) is 7.78. The third-order valence-electron chi connectivity index (χ3n) is 3.17. The molecule has 0 radical (unpaired) electrons. The van der Waals surface area contributed by atoms with Gasteiger partial charge in [-0.15, -0.1) is 0 Å². The molecule has 0 heterocycles. The Kier molecular flexibility index (Phi) is 5.76. The lowest BCUT2D eigenvalue weighted by Gasteiger charge is -2.09. The van der Waals surface area contributed by atoms with Gasteiger partial charge in [0.15, 0.2) is 0 Å². The molecule has 0 fully saturated rings. The van der Waals surface area contributed by atoms with E-state index in [9.17, 15) is 9.59 Å². The number of nitrogens with one attached hydrogen (secondary N) is 2. The molecule has 120 valence electrons. The average molecular weight is 377 g/mol. The fourth-order valence-corrected chi connectivity index (χ4v) is 2.54. The number of hydrogen-bond acceptors (Lipinski definition) is 3. The normalized spacial score (nSPS) is 10.0. The summed E-state index contributed by atoms with van der Waals surface area (Å²) in [6, 6.07) is 12.7. The zero-order valence-corrected chi connectivity index (χ0v) is 14.4. The highest BCUT2D eigenvalue weighted by molar-refractivity contribution is 9.10. The van der Waals surface area contributed by atoms with Crippen LogP contribution < -0.4 is 15.4 Å². The van der Waals surface area contributed by atoms with Crippen molar-refractivity contribution in [1.29, 1.82) is 0 Å². The number of benzene rings is 2. The zero-order chi connectivity index (χ0) is 16.8. The first-order chi connectivity index (χ1) is 11.0. The van der Waals surface area contributed by atoms with Gasteiger partial charge in [0.05, 0.1) is 12.8 Å². The standard InChI is InChI=1S/C17H17BrN2O3/c1-11-6-7-15(14(18)8-11)20-17(22)16(21)19-10-12-4-3-5-13(9-12)23-2/h3-9H,10H2,1-2H3,(H,19,21)(H,20,22). The molecule has 0 unspecified atom stereocenters. The molecule has 0 bridgehead atoms. The van der Waals surface area contributed by atoms with Crippen molar-refractivity contribution >= 4 is 33.4 Å². The van der Waals surface area contributed by atoms with E-state index in [-0.39, 0.29) is 6.54 Å². The number of rotatable bonds is 4. The van der Waals surface area contributed by atoms with Gasteiger partial charge in [-0.1, -0.05) is 18.2 Å². The van der Waals surface area contributed by atoms with Crippen molar-refractivity contribution in [3.8, 4) is 5.75 Å². The van der Waals surface area contributed by atoms with E-state index < -0.39 is 11.8 Å². The van der Waals surface area contributed by atoms with Crippen LogP contribution in [0.1, 0.15) is 11.1 Å². The molecule has 0 spiro atoms. The molecule has 2 N–H and O–H groups in total. The maximum Gasteiger partial charge on any atom is 0.313 e. The highest BCUT2D eigenvalue weighted by atomic mass is 79.9. The van der Waals surface area contributed by atoms with E-state index in [2.05, 4.69) is 26.6 Å². The number of amides is 2. The zero-order valence-electron chi connectivity index (χ0n) is 12.9. The van der Waals surface area contributed by atoms with Crippen LogP contribution in [0.25, 0.3) is 0 Å². The number of aryl methyl sites for hydroxylation is 1. The molecule has 2 rings (SSSR count). The van der Waals surface area contributed by atoms with Gasteiger partial charge < -0.3 is 15.4 Å². The molecule has 2 aromatic carbocycles. The molecular formula is C17H17BrN2O3. The van der Waals surface area contributed by atoms with Crippen molar-refractivity contribution in [2.45, 2.75) is 13.5 Å². The van der Waals surface area contributed by atoms with Gasteiger partial charge in [-0.05, 0) is 58.2 Å². The predicted molar refractivity (Wildman–Crippen MR) is 92.3 cm³/mol. The van der Waals surface area contributed by atoms with E-state index in [0.717, 1.165) is 15.6 Å². The summed E-state index contributed by atoms with van der Waals surface area (Å²) in [5.74, 6) is -0.706. The van der Waals surface area contributed by atoms with Crippen LogP contribution in [0.15, 0.2) is 46.9 Å². The van der Waals surface area contributed by atoms with Crippen molar-refractivity contribution in [3.63, 3.8) is 0 Å². The maximum absolute atomic E-state index is 11.9. The first-order valence-electron chi connectivity index (χ1n) is 6.98. The van der Waals surface area contributed by atoms with Crippen molar-refractivity contribution in [3.05, 3.63) is 58.1 Å². The fraction of sp³-hybridized carbons (Fsp3) is 0.176. The second-order valence-corrected chi connectivity index (χ2v) is 5.83. The van der Waals surface area contributed by atoms with Gasteiger partial charge in [0.25, 0.3) is 0 Å². The highest BCUT2D eigenvalue weighted by Crippen LogP contribution is 2.23. The van der Waals surface area contributed by atoms with Gasteiger partial charge in [0.1, 0.15) is 5.75 Å². The topological polar surface area (TPSA) is 67.4 Å². The molecule has 0 saturated heterocycles. The van der Waals surface area contributed by atoms with E-state index in [0.29, 0.717) is 11.4 Å². The van der Waals surface area contributed by atoms with Crippen molar-refractivity contribution in [1.82, 2.24) is 5.32 Å². The minimum Gasteiger partial charge on any atom is -0.497 e. The number of anilines is 1. The molecule has 2 amide bonds. The summed E-state index contributed by atoms with van der Waals surface area (Å²) in [5.41, 5.74) is 2.46. The molecular weight excluding hydrogens is 360 g/mol. The van der Waals surface area contributed by atoms with Crippen LogP contribution in [-0.4, -0.2) is 18.9 Å². The monoisotopic (exact) mass is 376 g/mol. The molecule has 0 aromatic heterocycles. The Morgan fingerprint density at radius 1 is 1.13 bits per heavy atom. The van der Waals surface area contributed by atoms with Gasteiger partial charge in [-0.2, -0.15) is 0 Å². The molecule has 0 atom stereocenters. The second-order valence-electron chi connectivity index (χ2n) is 4.97. The smallest absolute Gasteiger partial charge is 0.313 e. The Balaban J connectivity index is 1.93. The van der Waals surface area contributed by atoms with Gasteiger partial charge in [-0.25, -0.2) is 0 Å². The molecule has 6 heteroatoms. The Morgan fingerprint density at radius 3 is 2.61 bits per heavy atom. The number of carbonyl (C=O) groups excluding carboxylic acids is 2. The van der Waals surface area contributed by atoms with Crippen LogP contribution in [0.2, 0.25) is 0 Å². The van der Waals surface area contributed by atoms with Crippen molar-refractivity contribution in [2.75, 3.05) is 12.4 Å². The Hall–Kier alpha value is -2.34. The Bertz CT molecular complexity index is 732. The summed E-state index contributed by atoms with van der Waals surface area (Å²) in [6.45, 7) is 2.19. The quantitative estimate of drug-likeness (QED) is 0.805. The summed E-state index contributed by atoms with van der Waals surface area (Å²) in [7, 11) is 1.57. The van der Waals surface area contributed by atoms with E-state index in [1.807, 2.05) is 37.3 Å². The third kappa shape index (κ3) is 4.82. The lowest BCUT2D eigenvalue weighted by molar-refractivity contribution is -0.136. The number of carbonyl (C=O) groups is 2. The summed E-state index contributed by atoms with van der Waals surface area (Å²) in [4.78, 5) is 23.8. The van der Waals surface area contributed by atoms with Gasteiger partial charge in [0, 0.05) is 11.0 Å². The molecule has 0 aliphatic rings. The highest BCUT2D eigenvalue weighted by Gasteiger charge is 2.14. The minimum absolute atomic E-state index is 0.249. The number of methoxy groups -OCH3 is 1. The summed E-state index contributed by atoms with van der Waals surface area (Å²) >= 11 is 3.36. The van der Waals surface area contributed by atoms with Crippen LogP contribution in [0.4, 0.5) is 5.69 Å². The third-order valence-corrected chi connectivity index (χ3v) is 3.82.